The van der Waals surface area contributed by atoms with Crippen molar-refractivity contribution in [3.8, 4) is 23.7 Å². The smallest absolute Gasteiger partial charge is 0.407 e. The summed E-state index contributed by atoms with van der Waals surface area (Å²) in [5, 5.41) is 2.70. The van der Waals surface area contributed by atoms with Crippen molar-refractivity contribution in [3.63, 3.8) is 0 Å². The van der Waals surface area contributed by atoms with E-state index in [1.807, 2.05) is 77.7 Å². The molecule has 0 radical (unpaired) electrons. The molecule has 2 aromatic heterocycles. The molecule has 0 aliphatic carbocycles. The predicted molar refractivity (Wildman–Crippen MR) is 222 cm³/mol. The molecule has 0 unspecified atom stereocenters. The van der Waals surface area contributed by atoms with Crippen molar-refractivity contribution in [1.29, 1.82) is 0 Å². The fourth-order valence-corrected chi connectivity index (χ4v) is 8.44. The maximum atomic E-state index is 14.3. The van der Waals surface area contributed by atoms with Crippen LogP contribution in [0.2, 0.25) is 0 Å². The van der Waals surface area contributed by atoms with Gasteiger partial charge in [-0.3, -0.25) is 14.5 Å². The van der Waals surface area contributed by atoms with E-state index in [9.17, 15) is 14.4 Å². The number of amides is 3. The Bertz CT molecular complexity index is 2360. The summed E-state index contributed by atoms with van der Waals surface area (Å²) in [7, 11) is 1.28. The molecule has 3 saturated heterocycles. The molecule has 3 aliphatic rings. The Labute approximate surface area is 344 Å². The lowest BCUT2D eigenvalue weighted by molar-refractivity contribution is -0.139. The van der Waals surface area contributed by atoms with Crippen LogP contribution in [0, 0.1) is 23.7 Å². The Balaban J connectivity index is 0.901. The summed E-state index contributed by atoms with van der Waals surface area (Å²) in [5.41, 5.74) is 4.71. The number of aromatic amines is 2. The third-order valence-corrected chi connectivity index (χ3v) is 11.4. The van der Waals surface area contributed by atoms with Gasteiger partial charge >= 0.3 is 6.09 Å². The van der Waals surface area contributed by atoms with Gasteiger partial charge in [0.15, 0.2) is 0 Å². The molecule has 12 heteroatoms. The van der Waals surface area contributed by atoms with Gasteiger partial charge in [-0.25, -0.2) is 14.8 Å². The first-order valence-corrected chi connectivity index (χ1v) is 20.5. The third-order valence-electron chi connectivity index (χ3n) is 11.4. The van der Waals surface area contributed by atoms with Crippen LogP contribution in [0.4, 0.5) is 4.79 Å². The van der Waals surface area contributed by atoms with E-state index in [-0.39, 0.29) is 29.9 Å². The molecule has 8 rings (SSSR count). The number of H-pyrrole nitrogens is 2. The van der Waals surface area contributed by atoms with E-state index in [2.05, 4.69) is 61.0 Å². The summed E-state index contributed by atoms with van der Waals surface area (Å²) < 4.78 is 4.81. The highest BCUT2D eigenvalue weighted by molar-refractivity contribution is 5.87. The highest BCUT2D eigenvalue weighted by Crippen LogP contribution is 2.36. The number of piperidine rings is 1. The van der Waals surface area contributed by atoms with Crippen LogP contribution in [-0.2, 0) is 14.3 Å². The molecular formula is C47H48N8O4. The molecule has 3 fully saturated rings. The van der Waals surface area contributed by atoms with Crippen LogP contribution in [0.15, 0.2) is 97.3 Å². The number of methoxy groups -OCH3 is 1. The average molecular weight is 789 g/mol. The van der Waals surface area contributed by atoms with E-state index in [1.165, 1.54) is 13.5 Å². The topological polar surface area (TPSA) is 140 Å². The Hall–Kier alpha value is -6.63. The number of carbonyl (C=O) groups is 3. The van der Waals surface area contributed by atoms with Gasteiger partial charge in [0.2, 0.25) is 5.91 Å². The first kappa shape index (κ1) is 39.2. The van der Waals surface area contributed by atoms with Crippen LogP contribution < -0.4 is 5.32 Å². The van der Waals surface area contributed by atoms with E-state index in [0.717, 1.165) is 74.1 Å². The minimum absolute atomic E-state index is 0.111. The van der Waals surface area contributed by atoms with E-state index in [1.54, 1.807) is 17.3 Å². The third kappa shape index (κ3) is 9.09. The number of benzene rings is 3. The molecule has 12 nitrogen and oxygen atoms in total. The molecule has 3 N–H and O–H groups in total. The van der Waals surface area contributed by atoms with Gasteiger partial charge in [-0.15, -0.1) is 0 Å². The number of likely N-dealkylation sites (tertiary alicyclic amines) is 3. The van der Waals surface area contributed by atoms with Crippen LogP contribution in [0.1, 0.15) is 114 Å². The number of aromatic nitrogens is 4. The molecule has 0 bridgehead atoms. The molecule has 0 saturated carbocycles. The highest BCUT2D eigenvalue weighted by Gasteiger charge is 2.39. The highest BCUT2D eigenvalue weighted by atomic mass is 16.5. The monoisotopic (exact) mass is 788 g/mol. The second-order valence-electron chi connectivity index (χ2n) is 15.2. The molecule has 3 amide bonds. The van der Waals surface area contributed by atoms with Gasteiger partial charge in [0, 0.05) is 24.2 Å². The number of alkyl carbamates (subject to hydrolysis) is 1. The lowest BCUT2D eigenvalue weighted by Gasteiger charge is -2.37. The van der Waals surface area contributed by atoms with E-state index in [0.29, 0.717) is 35.9 Å². The van der Waals surface area contributed by atoms with Gasteiger partial charge in [0.1, 0.15) is 35.1 Å². The van der Waals surface area contributed by atoms with Crippen LogP contribution >= 0.6 is 0 Å². The molecule has 0 spiro atoms. The van der Waals surface area contributed by atoms with Crippen molar-refractivity contribution in [2.75, 3.05) is 33.3 Å². The van der Waals surface area contributed by atoms with Crippen molar-refractivity contribution < 1.29 is 19.1 Å². The summed E-state index contributed by atoms with van der Waals surface area (Å²) >= 11 is 0. The summed E-state index contributed by atoms with van der Waals surface area (Å²) in [6, 6.07) is 25.5. The number of imidazole rings is 2. The number of nitrogens with zero attached hydrogens (tertiary/aromatic N) is 5. The standard InChI is InChI=1S/C47H48N8O4/c1-59-47(58)52-41(35-13-5-2-6-14-35)45(56)54-29-11-17-39(54)43-48-31-37(50-43)25-23-33-19-21-34(22-20-33)24-26-38-32-49-44(51-38)40-18-12-30-55(40)46(57)42(36-15-7-3-8-16-36)53-27-9-4-10-28-53/h2-3,5-8,13-16,19-22,31-32,39-42H,4,9-12,17-18,27-30H2,1H3,(H,48,50)(H,49,51)(H,52,58)/t39-,40-,41+,42+/m0/s1. The molecule has 5 aromatic rings. The van der Waals surface area contributed by atoms with Crippen molar-refractivity contribution in [1.82, 2.24) is 40.0 Å². The van der Waals surface area contributed by atoms with Gasteiger partial charge in [-0.05, 0) is 98.8 Å². The second-order valence-corrected chi connectivity index (χ2v) is 15.2. The van der Waals surface area contributed by atoms with Crippen LogP contribution in [-0.4, -0.2) is 85.8 Å². The summed E-state index contributed by atoms with van der Waals surface area (Å²) in [4.78, 5) is 62.4. The molecule has 5 heterocycles. The molecule has 3 aliphatic heterocycles. The minimum atomic E-state index is -0.883. The van der Waals surface area contributed by atoms with Gasteiger partial charge in [0.25, 0.3) is 5.91 Å². The van der Waals surface area contributed by atoms with E-state index < -0.39 is 12.1 Å². The molecule has 59 heavy (non-hydrogen) atoms. The number of nitrogens with one attached hydrogen (secondary N) is 3. The second kappa shape index (κ2) is 18.3. The van der Waals surface area contributed by atoms with Crippen molar-refractivity contribution in [2.45, 2.75) is 69.1 Å². The summed E-state index contributed by atoms with van der Waals surface area (Å²) in [6.45, 7) is 3.13. The summed E-state index contributed by atoms with van der Waals surface area (Å²) in [6.07, 6.45) is 9.55. The van der Waals surface area contributed by atoms with Gasteiger partial charge in [-0.1, -0.05) is 78.9 Å². The zero-order chi connectivity index (χ0) is 40.6. The lowest BCUT2D eigenvalue weighted by atomic mass is 10.00. The van der Waals surface area contributed by atoms with Crippen molar-refractivity contribution in [2.24, 2.45) is 0 Å². The van der Waals surface area contributed by atoms with Crippen molar-refractivity contribution >= 4 is 17.9 Å². The number of ether oxygens (including phenoxy) is 1. The van der Waals surface area contributed by atoms with Crippen molar-refractivity contribution in [3.05, 3.63) is 143 Å². The predicted octanol–water partition coefficient (Wildman–Crippen LogP) is 6.58. The maximum absolute atomic E-state index is 14.3. The van der Waals surface area contributed by atoms with Crippen LogP contribution in [0.25, 0.3) is 0 Å². The SMILES string of the molecule is COC(=O)N[C@@H](C(=O)N1CCC[C@H]1c1ncc(C#Cc2ccc(C#Cc3cnc([C@@H]4CCCN4C(=O)[C@@H](c4ccccc4)N4CCCCC4)[nH]3)cc2)[nH]1)c1ccccc1. The van der Waals surface area contributed by atoms with Crippen LogP contribution in [0.3, 0.4) is 0 Å². The zero-order valence-electron chi connectivity index (χ0n) is 33.2. The number of rotatable bonds is 8. The van der Waals surface area contributed by atoms with E-state index in [4.69, 9.17) is 9.72 Å². The van der Waals surface area contributed by atoms with Gasteiger partial charge < -0.3 is 29.8 Å². The Morgan fingerprint density at radius 1 is 0.644 bits per heavy atom. The van der Waals surface area contributed by atoms with E-state index >= 15 is 0 Å². The number of carbonyl (C=O) groups excluding carboxylic acids is 3. The average Bonchev–Trinajstić information content (AvgIpc) is 4.13. The largest absolute Gasteiger partial charge is 0.453 e. The zero-order valence-corrected chi connectivity index (χ0v) is 33.2. The first-order valence-electron chi connectivity index (χ1n) is 20.5. The Morgan fingerprint density at radius 2 is 1.15 bits per heavy atom. The molecule has 4 atom stereocenters. The molecular weight excluding hydrogens is 741 g/mol. The lowest BCUT2D eigenvalue weighted by Crippen LogP contribution is -2.44. The fourth-order valence-electron chi connectivity index (χ4n) is 8.44. The Kier molecular flexibility index (Phi) is 12.2. The van der Waals surface area contributed by atoms with Crippen LogP contribution in [0.5, 0.6) is 0 Å². The normalized spacial score (nSPS) is 18.9. The van der Waals surface area contributed by atoms with Gasteiger partial charge in [-0.2, -0.15) is 0 Å². The summed E-state index contributed by atoms with van der Waals surface area (Å²) in [5.74, 6) is 14.1. The fraction of sp³-hybridized carbons (Fsp3) is 0.340. The molecule has 3 aromatic carbocycles. The first-order chi connectivity index (χ1) is 28.9. The Morgan fingerprint density at radius 3 is 1.68 bits per heavy atom. The number of hydrogen-bond donors (Lipinski definition) is 3. The minimum Gasteiger partial charge on any atom is -0.453 e. The quantitative estimate of drug-likeness (QED) is 0.151. The van der Waals surface area contributed by atoms with Gasteiger partial charge in [0.05, 0.1) is 31.6 Å². The molecule has 300 valence electrons. The number of hydrogen-bond acceptors (Lipinski definition) is 7. The maximum Gasteiger partial charge on any atom is 0.407 e.